The fourth-order valence-corrected chi connectivity index (χ4v) is 34.3. The van der Waals surface area contributed by atoms with E-state index in [9.17, 15) is 20.4 Å². The molecular formula is C99H156N14O4. The van der Waals surface area contributed by atoms with Gasteiger partial charge < -0.3 is 20.4 Å². The third kappa shape index (κ3) is 15.8. The summed E-state index contributed by atoms with van der Waals surface area (Å²) in [5, 5.41) is 84.4. The zero-order chi connectivity index (χ0) is 81.8. The van der Waals surface area contributed by atoms with Crippen molar-refractivity contribution in [3.8, 4) is 0 Å². The molecule has 0 saturated heterocycles. The first-order chi connectivity index (χ1) is 56.1. The highest BCUT2D eigenvalue weighted by Gasteiger charge is 2.64. The van der Waals surface area contributed by atoms with Crippen molar-refractivity contribution in [1.82, 2.24) is 70.4 Å². The average molecular weight is 1610 g/mol. The van der Waals surface area contributed by atoms with Crippen molar-refractivity contribution in [2.24, 2.45) is 164 Å². The van der Waals surface area contributed by atoms with E-state index in [0.717, 1.165) is 221 Å². The Morgan fingerprint density at radius 1 is 0.350 bits per heavy atom. The molecule has 4 aromatic heterocycles. The van der Waals surface area contributed by atoms with Gasteiger partial charge in [-0.1, -0.05) is 109 Å². The molecule has 16 aliphatic rings. The van der Waals surface area contributed by atoms with Crippen LogP contribution in [-0.4, -0.2) is 113 Å². The minimum absolute atomic E-state index is 0.366. The van der Waals surface area contributed by atoms with Crippen LogP contribution in [0.2, 0.25) is 0 Å². The maximum atomic E-state index is 10.9. The fraction of sp³-hybridized carbons (Fsp3) is 0.859. The highest BCUT2D eigenvalue weighted by molar-refractivity contribution is 5.21. The summed E-state index contributed by atoms with van der Waals surface area (Å²) in [7, 11) is 0. The molecule has 4 heterocycles. The highest BCUT2D eigenvalue weighted by Crippen LogP contribution is 2.71. The number of hydrogen-bond acceptors (Lipinski definition) is 14. The number of hydrogen-bond donors (Lipinski definition) is 4. The van der Waals surface area contributed by atoms with Gasteiger partial charge in [-0.2, -0.15) is 19.8 Å². The van der Waals surface area contributed by atoms with Gasteiger partial charge in [0.2, 0.25) is 0 Å². The lowest BCUT2D eigenvalue weighted by Gasteiger charge is -2.57. The van der Waals surface area contributed by atoms with Crippen LogP contribution in [0.1, 0.15) is 318 Å². The van der Waals surface area contributed by atoms with Crippen molar-refractivity contribution >= 4 is 0 Å². The Bertz CT molecular complexity index is 3770. The van der Waals surface area contributed by atoms with E-state index in [1.807, 2.05) is 22.5 Å². The second kappa shape index (κ2) is 33.4. The molecular weight excluding hydrogens is 1450 g/mol. The van der Waals surface area contributed by atoms with E-state index < -0.39 is 0 Å². The Balaban J connectivity index is 0.000000112. The first-order valence-electron chi connectivity index (χ1n) is 48.9. The van der Waals surface area contributed by atoms with E-state index in [0.29, 0.717) is 51.9 Å². The van der Waals surface area contributed by atoms with Crippen molar-refractivity contribution in [2.45, 2.75) is 368 Å². The summed E-state index contributed by atoms with van der Waals surface area (Å²) in [5.74, 6) is 20.5. The number of aryl methyl sites for hydroxylation is 1. The zero-order valence-electron chi connectivity index (χ0n) is 74.2. The van der Waals surface area contributed by atoms with Crippen molar-refractivity contribution in [2.75, 3.05) is 0 Å². The fourth-order valence-electron chi connectivity index (χ4n) is 34.3. The molecule has 18 nitrogen and oxygen atoms in total. The predicted octanol–water partition coefficient (Wildman–Crippen LogP) is 20.1. The Morgan fingerprint density at radius 3 is 0.991 bits per heavy atom. The largest absolute Gasteiger partial charge is 0.390 e. The highest BCUT2D eigenvalue weighted by atomic mass is 16.3. The van der Waals surface area contributed by atoms with Gasteiger partial charge in [0.25, 0.3) is 0 Å². The van der Waals surface area contributed by atoms with Crippen molar-refractivity contribution < 1.29 is 20.4 Å². The second-order valence-corrected chi connectivity index (χ2v) is 44.9. The molecule has 32 atom stereocenters. The number of fused-ring (bicyclic) bond motifs is 20. The molecule has 0 amide bonds. The van der Waals surface area contributed by atoms with Gasteiger partial charge in [0, 0.05) is 6.20 Å². The molecule has 18 heteroatoms. The Hall–Kier alpha value is -4.78. The normalized spacial score (nSPS) is 46.3. The minimum atomic E-state index is -0.373. The quantitative estimate of drug-likeness (QED) is 0.0765. The third-order valence-corrected chi connectivity index (χ3v) is 40.5. The summed E-state index contributed by atoms with van der Waals surface area (Å²) in [5.41, 5.74) is 5.46. The molecule has 0 aromatic carbocycles. The maximum absolute atomic E-state index is 10.9. The van der Waals surface area contributed by atoms with Crippen LogP contribution in [0, 0.1) is 171 Å². The van der Waals surface area contributed by atoms with E-state index >= 15 is 0 Å². The molecule has 16 saturated carbocycles. The molecule has 0 spiro atoms. The molecule has 16 aliphatic carbocycles. The van der Waals surface area contributed by atoms with Crippen LogP contribution in [0.5, 0.6) is 0 Å². The van der Waals surface area contributed by atoms with E-state index in [-0.39, 0.29) is 22.4 Å². The van der Waals surface area contributed by atoms with Gasteiger partial charge in [0.05, 0.1) is 67.2 Å². The number of tetrazole rings is 2. The SMILES string of the molecule is C=C(Cn1ccnn1)[C@H]1CC[C@H]2[C@@H]3CC[C@H]4C[C@@](O)(CC)CC[C@@H]4[C@H]3CC[C@]12C.C=C(Cn1nccn1)[C@H]1CC[C@H]2[C@@H]3CC[C@H]4C[C@@](O)(CC)CC[C@@H]4[C@H]3CC[C@]12C.C=C(Cn1ncnn1)[C@H]1CC[C@H]2[C@@H]3CC[C@H]4C[C@@](O)(CC)CC[C@@H]4[C@H]3CC[C@]12C.C=C(Cn1nnnc1C)[C@H]1CC[C@H]2[C@@H]3CC[C@H]4C[C@@](O)(CC)CC[C@@H]4[C@H]3CC[C@]12C. The maximum Gasteiger partial charge on any atom is 0.162 e. The third-order valence-electron chi connectivity index (χ3n) is 40.5. The molecule has 646 valence electrons. The molecule has 20 rings (SSSR count). The number of nitrogens with zero attached hydrogens (tertiary/aromatic N) is 14. The zero-order valence-corrected chi connectivity index (χ0v) is 74.2. The standard InChI is InChI=1S/C25H40N4O.2C25H39N3O.C24H38N4O/c1-5-25(30)13-11-19-18(14-25)6-7-21-20(19)10-12-24(4)22(8-9-23(21)24)16(2)15-29-17(3)26-27-28-29;1-4-25(29)12-10-19-18(15-25)5-6-21-20(19)9-11-24(3)22(7-8-23(21)24)17(2)16-28-14-13-26-27-28;1-4-25(29)12-10-19-18(15-25)5-6-21-20(19)9-11-24(3)22(7-8-23(21)24)17(2)16-28-26-13-14-27-28;1-4-24(29)12-10-18-17(13-24)5-6-20-19(18)9-11-23(3)21(7-8-22(20)23)16(2)14-28-26-15-25-27-28/h18-23,30H,2,5-15H2,1,3-4H3;2*13-14,18-23,29H,2,4-12,15-16H2,1,3H3;15,17-22,29H,2,4-14H2,1,3H3/t3*18-,19-,20+,21+,22+,23-,24+,25+;17-,18-,19+,20+,21+,22-,23+,24+/m0000/s1. The van der Waals surface area contributed by atoms with Crippen molar-refractivity contribution in [3.05, 3.63) is 85.5 Å². The molecule has 0 unspecified atom stereocenters. The minimum Gasteiger partial charge on any atom is -0.390 e. The number of aliphatic hydroxyl groups is 4. The summed E-state index contributed by atoms with van der Waals surface area (Å²) in [6.45, 7) is 42.1. The molecule has 0 radical (unpaired) electrons. The van der Waals surface area contributed by atoms with Crippen LogP contribution in [0.4, 0.5) is 0 Å². The van der Waals surface area contributed by atoms with Crippen molar-refractivity contribution in [3.63, 3.8) is 0 Å². The predicted molar refractivity (Wildman–Crippen MR) is 460 cm³/mol. The number of rotatable bonds is 16. The van der Waals surface area contributed by atoms with Gasteiger partial charge in [-0.3, -0.25) is 0 Å². The van der Waals surface area contributed by atoms with E-state index in [1.165, 1.54) is 208 Å². The topological polar surface area (TPSA) is 230 Å². The van der Waals surface area contributed by atoms with Crippen LogP contribution in [-0.2, 0) is 26.2 Å². The van der Waals surface area contributed by atoms with Gasteiger partial charge in [0.1, 0.15) is 5.82 Å². The average Bonchev–Trinajstić information content (AvgIpc) is 1.56. The van der Waals surface area contributed by atoms with Crippen LogP contribution in [0.3, 0.4) is 0 Å². The van der Waals surface area contributed by atoms with Gasteiger partial charge >= 0.3 is 0 Å². The van der Waals surface area contributed by atoms with Gasteiger partial charge in [-0.15, -0.1) is 20.4 Å². The van der Waals surface area contributed by atoms with Crippen LogP contribution in [0.25, 0.3) is 0 Å². The van der Waals surface area contributed by atoms with Gasteiger partial charge in [-0.05, 0) is 443 Å². The van der Waals surface area contributed by atoms with Gasteiger partial charge in [0.15, 0.2) is 6.33 Å². The van der Waals surface area contributed by atoms with E-state index in [1.54, 1.807) is 28.2 Å². The first kappa shape index (κ1) is 84.4. The summed E-state index contributed by atoms with van der Waals surface area (Å²) in [4.78, 5) is 3.49. The number of aromatic nitrogens is 14. The number of allylic oxidation sites excluding steroid dienone is 4. The summed E-state index contributed by atoms with van der Waals surface area (Å²) < 4.78 is 3.85. The second-order valence-electron chi connectivity index (χ2n) is 44.9. The Morgan fingerprint density at radius 2 is 0.684 bits per heavy atom. The Labute approximate surface area is 703 Å². The smallest absolute Gasteiger partial charge is 0.162 e. The lowest BCUT2D eigenvalue weighted by Crippen LogP contribution is -2.51. The Kier molecular flexibility index (Phi) is 24.1. The van der Waals surface area contributed by atoms with Crippen LogP contribution >= 0.6 is 0 Å². The molecule has 117 heavy (non-hydrogen) atoms. The van der Waals surface area contributed by atoms with Gasteiger partial charge in [-0.25, -0.2) is 9.36 Å². The first-order valence-corrected chi connectivity index (χ1v) is 48.9. The van der Waals surface area contributed by atoms with Crippen molar-refractivity contribution in [1.29, 1.82) is 0 Å². The molecule has 4 aromatic rings. The molecule has 4 N–H and O–H groups in total. The molecule has 0 aliphatic heterocycles. The summed E-state index contributed by atoms with van der Waals surface area (Å²) >= 11 is 0. The van der Waals surface area contributed by atoms with E-state index in [2.05, 4.69) is 133 Å². The van der Waals surface area contributed by atoms with Crippen LogP contribution < -0.4 is 0 Å². The van der Waals surface area contributed by atoms with Crippen LogP contribution in [0.15, 0.2) is 79.7 Å². The summed E-state index contributed by atoms with van der Waals surface area (Å²) in [6.07, 6.45) is 58.5. The lowest BCUT2D eigenvalue weighted by molar-refractivity contribution is -0.105. The van der Waals surface area contributed by atoms with E-state index in [4.69, 9.17) is 0 Å². The lowest BCUT2D eigenvalue weighted by atomic mass is 9.48. The summed E-state index contributed by atoms with van der Waals surface area (Å²) in [6, 6.07) is 0. The molecule has 0 bridgehead atoms. The molecule has 16 fully saturated rings. The monoisotopic (exact) mass is 1610 g/mol.